The number of hydrogen-bond acceptors (Lipinski definition) is 4. The first kappa shape index (κ1) is 14.8. The van der Waals surface area contributed by atoms with Gasteiger partial charge >= 0.3 is 5.97 Å². The molecule has 0 aliphatic rings. The molecule has 0 saturated carbocycles. The molecular formula is C13H17BrO4. The van der Waals surface area contributed by atoms with E-state index in [0.29, 0.717) is 34.7 Å². The summed E-state index contributed by atoms with van der Waals surface area (Å²) >= 11 is 3.38. The van der Waals surface area contributed by atoms with Crippen LogP contribution >= 0.6 is 15.9 Å². The standard InChI is InChI=1S/C13H17BrO4/c1-4-6-18-12-10(14)7-9(13(15)16-3)8-11(12)17-5-2/h7-8H,4-6H2,1-3H3. The fourth-order valence-corrected chi connectivity index (χ4v) is 1.97. The van der Waals surface area contributed by atoms with Crippen LogP contribution in [0.3, 0.4) is 0 Å². The van der Waals surface area contributed by atoms with Gasteiger partial charge in [0.2, 0.25) is 0 Å². The van der Waals surface area contributed by atoms with E-state index in [-0.39, 0.29) is 0 Å². The second-order valence-electron chi connectivity index (χ2n) is 3.56. The lowest BCUT2D eigenvalue weighted by molar-refractivity contribution is 0.0600. The first-order valence-electron chi connectivity index (χ1n) is 5.81. The SMILES string of the molecule is CCCOc1c(Br)cc(C(=O)OC)cc1OCC. The predicted octanol–water partition coefficient (Wildman–Crippen LogP) is 3.42. The summed E-state index contributed by atoms with van der Waals surface area (Å²) in [6, 6.07) is 3.30. The Balaban J connectivity index is 3.13. The van der Waals surface area contributed by atoms with Crippen LogP contribution in [0.4, 0.5) is 0 Å². The molecule has 4 nitrogen and oxygen atoms in total. The van der Waals surface area contributed by atoms with Crippen molar-refractivity contribution in [1.82, 2.24) is 0 Å². The van der Waals surface area contributed by atoms with E-state index < -0.39 is 5.97 Å². The Morgan fingerprint density at radius 2 is 2.00 bits per heavy atom. The summed E-state index contributed by atoms with van der Waals surface area (Å²) in [5.41, 5.74) is 0.427. The van der Waals surface area contributed by atoms with Crippen molar-refractivity contribution in [3.63, 3.8) is 0 Å². The zero-order valence-electron chi connectivity index (χ0n) is 10.8. The molecule has 0 aromatic heterocycles. The van der Waals surface area contributed by atoms with Gasteiger partial charge in [-0.05, 0) is 41.4 Å². The van der Waals surface area contributed by atoms with Crippen LogP contribution < -0.4 is 9.47 Å². The lowest BCUT2D eigenvalue weighted by Gasteiger charge is -2.14. The number of esters is 1. The van der Waals surface area contributed by atoms with Gasteiger partial charge in [0.25, 0.3) is 0 Å². The Labute approximate surface area is 115 Å². The summed E-state index contributed by atoms with van der Waals surface area (Å²) in [4.78, 5) is 11.5. The minimum atomic E-state index is -0.404. The van der Waals surface area contributed by atoms with Crippen molar-refractivity contribution >= 4 is 21.9 Å². The van der Waals surface area contributed by atoms with Crippen molar-refractivity contribution in [2.24, 2.45) is 0 Å². The fraction of sp³-hybridized carbons (Fsp3) is 0.462. The van der Waals surface area contributed by atoms with Gasteiger partial charge in [0.05, 0.1) is 30.4 Å². The van der Waals surface area contributed by atoms with E-state index in [1.165, 1.54) is 7.11 Å². The predicted molar refractivity (Wildman–Crippen MR) is 72.4 cm³/mol. The number of hydrogen-bond donors (Lipinski definition) is 0. The van der Waals surface area contributed by atoms with Gasteiger partial charge < -0.3 is 14.2 Å². The van der Waals surface area contributed by atoms with Crippen molar-refractivity contribution in [1.29, 1.82) is 0 Å². The zero-order chi connectivity index (χ0) is 13.5. The molecule has 0 aliphatic carbocycles. The van der Waals surface area contributed by atoms with Crippen LogP contribution in [0.15, 0.2) is 16.6 Å². The number of halogens is 1. The Kier molecular flexibility index (Phi) is 5.98. The van der Waals surface area contributed by atoms with Crippen molar-refractivity contribution in [2.75, 3.05) is 20.3 Å². The highest BCUT2D eigenvalue weighted by Gasteiger charge is 2.16. The van der Waals surface area contributed by atoms with Crippen molar-refractivity contribution in [2.45, 2.75) is 20.3 Å². The second kappa shape index (κ2) is 7.26. The third kappa shape index (κ3) is 3.63. The smallest absolute Gasteiger partial charge is 0.338 e. The molecule has 0 saturated heterocycles. The van der Waals surface area contributed by atoms with Crippen molar-refractivity contribution in [3.8, 4) is 11.5 Å². The van der Waals surface area contributed by atoms with E-state index >= 15 is 0 Å². The number of ether oxygens (including phenoxy) is 3. The summed E-state index contributed by atoms with van der Waals surface area (Å²) < 4.78 is 16.5. The Morgan fingerprint density at radius 1 is 1.28 bits per heavy atom. The van der Waals surface area contributed by atoms with E-state index in [4.69, 9.17) is 9.47 Å². The second-order valence-corrected chi connectivity index (χ2v) is 4.41. The number of carbonyl (C=O) groups is 1. The van der Waals surface area contributed by atoms with Crippen LogP contribution in [0.2, 0.25) is 0 Å². The third-order valence-corrected chi connectivity index (χ3v) is 2.77. The van der Waals surface area contributed by atoms with Crippen LogP contribution in [-0.4, -0.2) is 26.3 Å². The van der Waals surface area contributed by atoms with Gasteiger partial charge in [-0.25, -0.2) is 4.79 Å². The molecule has 0 aliphatic heterocycles. The van der Waals surface area contributed by atoms with Crippen LogP contribution in [0.1, 0.15) is 30.6 Å². The summed E-state index contributed by atoms with van der Waals surface area (Å²) in [6.07, 6.45) is 0.900. The van der Waals surface area contributed by atoms with Gasteiger partial charge in [0.1, 0.15) is 0 Å². The first-order valence-corrected chi connectivity index (χ1v) is 6.60. The number of rotatable bonds is 6. The molecule has 0 spiro atoms. The molecule has 0 bridgehead atoms. The molecule has 0 N–H and O–H groups in total. The average molecular weight is 317 g/mol. The lowest BCUT2D eigenvalue weighted by atomic mass is 10.2. The van der Waals surface area contributed by atoms with Gasteiger partial charge in [0.15, 0.2) is 11.5 Å². The zero-order valence-corrected chi connectivity index (χ0v) is 12.4. The molecule has 18 heavy (non-hydrogen) atoms. The molecule has 0 unspecified atom stereocenters. The minimum Gasteiger partial charge on any atom is -0.490 e. The summed E-state index contributed by atoms with van der Waals surface area (Å²) in [7, 11) is 1.35. The maximum atomic E-state index is 11.5. The molecule has 0 radical (unpaired) electrons. The van der Waals surface area contributed by atoms with Crippen molar-refractivity contribution in [3.05, 3.63) is 22.2 Å². The molecule has 5 heteroatoms. The average Bonchev–Trinajstić information content (AvgIpc) is 2.37. The van der Waals surface area contributed by atoms with Crippen LogP contribution in [0, 0.1) is 0 Å². The van der Waals surface area contributed by atoms with Gasteiger partial charge in [0, 0.05) is 0 Å². The lowest BCUT2D eigenvalue weighted by Crippen LogP contribution is -2.05. The Hall–Kier alpha value is -1.23. The number of benzene rings is 1. The van der Waals surface area contributed by atoms with Crippen molar-refractivity contribution < 1.29 is 19.0 Å². The monoisotopic (exact) mass is 316 g/mol. The maximum absolute atomic E-state index is 11.5. The molecule has 0 amide bonds. The molecule has 0 fully saturated rings. The van der Waals surface area contributed by atoms with E-state index in [9.17, 15) is 4.79 Å². The van der Waals surface area contributed by atoms with Gasteiger partial charge in [-0.15, -0.1) is 0 Å². The van der Waals surface area contributed by atoms with E-state index in [0.717, 1.165) is 6.42 Å². The molecule has 0 heterocycles. The summed E-state index contributed by atoms with van der Waals surface area (Å²) in [6.45, 7) is 5.00. The third-order valence-electron chi connectivity index (χ3n) is 2.18. The molecule has 1 aromatic rings. The van der Waals surface area contributed by atoms with Gasteiger partial charge in [-0.3, -0.25) is 0 Å². The largest absolute Gasteiger partial charge is 0.490 e. The molecule has 0 atom stereocenters. The van der Waals surface area contributed by atoms with Gasteiger partial charge in [-0.1, -0.05) is 6.92 Å². The molecular weight excluding hydrogens is 300 g/mol. The highest BCUT2D eigenvalue weighted by atomic mass is 79.9. The highest BCUT2D eigenvalue weighted by molar-refractivity contribution is 9.10. The van der Waals surface area contributed by atoms with E-state index in [1.54, 1.807) is 12.1 Å². The van der Waals surface area contributed by atoms with E-state index in [1.807, 2.05) is 13.8 Å². The van der Waals surface area contributed by atoms with Gasteiger partial charge in [-0.2, -0.15) is 0 Å². The molecule has 100 valence electrons. The Morgan fingerprint density at radius 3 is 2.56 bits per heavy atom. The highest BCUT2D eigenvalue weighted by Crippen LogP contribution is 2.37. The molecule has 1 rings (SSSR count). The van der Waals surface area contributed by atoms with Crippen LogP contribution in [0.25, 0.3) is 0 Å². The molecule has 1 aromatic carbocycles. The van der Waals surface area contributed by atoms with E-state index in [2.05, 4.69) is 20.7 Å². The quantitative estimate of drug-likeness (QED) is 0.754. The maximum Gasteiger partial charge on any atom is 0.338 e. The topological polar surface area (TPSA) is 44.8 Å². The number of carbonyl (C=O) groups excluding carboxylic acids is 1. The number of methoxy groups -OCH3 is 1. The summed E-state index contributed by atoms with van der Waals surface area (Å²) in [5, 5.41) is 0. The fourth-order valence-electron chi connectivity index (χ4n) is 1.41. The van der Waals surface area contributed by atoms with Crippen LogP contribution in [0.5, 0.6) is 11.5 Å². The Bertz CT molecular complexity index is 418. The summed E-state index contributed by atoms with van der Waals surface area (Å²) in [5.74, 6) is 0.755. The first-order chi connectivity index (χ1) is 8.63. The minimum absolute atomic E-state index is 0.404. The normalized spacial score (nSPS) is 10.0. The van der Waals surface area contributed by atoms with Crippen LogP contribution in [-0.2, 0) is 4.74 Å².